The number of hydrogen-bond acceptors (Lipinski definition) is 12. The lowest BCUT2D eigenvalue weighted by atomic mass is 10.1. The van der Waals surface area contributed by atoms with Crippen LogP contribution in [0.25, 0.3) is 12.2 Å². The summed E-state index contributed by atoms with van der Waals surface area (Å²) in [6, 6.07) is 7.20. The SMILES string of the molecule is COc1ccc(/C=C\c2cc(OC)c(OC)c(OC)c2)cc1OP(=O)(O)O.O=C(O)C1CC(O)CN1.O=C(O)C1CC(O)CN1. The number of nitrogens with one attached hydrogen (secondary N) is 2. The molecule has 0 saturated carbocycles. The van der Waals surface area contributed by atoms with E-state index in [2.05, 4.69) is 15.2 Å². The Morgan fingerprint density at radius 1 is 0.733 bits per heavy atom. The maximum atomic E-state index is 11.1. The van der Waals surface area contributed by atoms with Crippen LogP contribution < -0.4 is 34.1 Å². The summed E-state index contributed by atoms with van der Waals surface area (Å²) in [5.41, 5.74) is 1.42. The smallest absolute Gasteiger partial charge is 0.493 e. The van der Waals surface area contributed by atoms with Gasteiger partial charge in [0.15, 0.2) is 23.0 Å². The van der Waals surface area contributed by atoms with Crippen molar-refractivity contribution in [3.8, 4) is 28.7 Å². The van der Waals surface area contributed by atoms with Crippen LogP contribution in [0.15, 0.2) is 30.3 Å². The van der Waals surface area contributed by atoms with Crippen molar-refractivity contribution >= 4 is 31.9 Å². The van der Waals surface area contributed by atoms with Gasteiger partial charge in [-0.1, -0.05) is 18.2 Å². The molecule has 45 heavy (non-hydrogen) atoms. The van der Waals surface area contributed by atoms with Crippen molar-refractivity contribution in [3.63, 3.8) is 0 Å². The topological polar surface area (TPSA) is 243 Å². The Hall–Kier alpha value is -3.89. The van der Waals surface area contributed by atoms with Crippen molar-refractivity contribution in [1.82, 2.24) is 10.6 Å². The molecule has 250 valence electrons. The van der Waals surface area contributed by atoms with Gasteiger partial charge in [0.05, 0.1) is 40.6 Å². The minimum absolute atomic E-state index is 0.0575. The van der Waals surface area contributed by atoms with Crippen LogP contribution in [0.5, 0.6) is 28.7 Å². The molecule has 0 aromatic heterocycles. The van der Waals surface area contributed by atoms with E-state index < -0.39 is 44.1 Å². The molecule has 0 aliphatic carbocycles. The van der Waals surface area contributed by atoms with Crippen LogP contribution >= 0.6 is 7.82 Å². The maximum Gasteiger partial charge on any atom is 0.524 e. The molecular weight excluding hydrogens is 619 g/mol. The highest BCUT2D eigenvalue weighted by Gasteiger charge is 2.28. The Morgan fingerprint density at radius 2 is 1.18 bits per heavy atom. The zero-order chi connectivity index (χ0) is 33.7. The monoisotopic (exact) mass is 658 g/mol. The molecule has 0 spiro atoms. The average Bonchev–Trinajstić information content (AvgIpc) is 3.64. The van der Waals surface area contributed by atoms with Crippen LogP contribution in [0.2, 0.25) is 0 Å². The fourth-order valence-corrected chi connectivity index (χ4v) is 4.60. The number of carbonyl (C=O) groups is 2. The first-order valence-electron chi connectivity index (χ1n) is 13.4. The predicted molar refractivity (Wildman–Crippen MR) is 161 cm³/mol. The standard InChI is InChI=1S/C18H21O8P.2C5H9NO3/c1-22-14-8-7-12(9-15(14)26-27(19,20)21)5-6-13-10-16(23-2)18(25-4)17(11-13)24-3;2*7-3-1-4(5(8)9)6-2-3/h5-11H,1-4H3,(H2,19,20,21);2*3-4,6-7H,1-2H2,(H,8,9)/b6-5-;;. The highest BCUT2D eigenvalue weighted by molar-refractivity contribution is 7.46. The summed E-state index contributed by atoms with van der Waals surface area (Å²) in [6.07, 6.45) is 3.22. The van der Waals surface area contributed by atoms with E-state index >= 15 is 0 Å². The minimum atomic E-state index is -4.71. The third-order valence-corrected chi connectivity index (χ3v) is 6.81. The number of carboxylic acid groups (broad SMARTS) is 2. The molecule has 2 aliphatic rings. The lowest BCUT2D eigenvalue weighted by Crippen LogP contribution is -2.29. The molecule has 2 aromatic carbocycles. The molecule has 8 N–H and O–H groups in total. The quantitative estimate of drug-likeness (QED) is 0.131. The number of aliphatic carboxylic acids is 2. The molecule has 16 nitrogen and oxygen atoms in total. The van der Waals surface area contributed by atoms with Gasteiger partial charge in [0.2, 0.25) is 5.75 Å². The first kappa shape index (κ1) is 37.3. The van der Waals surface area contributed by atoms with Gasteiger partial charge >= 0.3 is 19.8 Å². The van der Waals surface area contributed by atoms with E-state index in [0.29, 0.717) is 48.7 Å². The van der Waals surface area contributed by atoms with E-state index in [1.54, 1.807) is 36.4 Å². The Morgan fingerprint density at radius 3 is 1.51 bits per heavy atom. The molecule has 0 radical (unpaired) electrons. The van der Waals surface area contributed by atoms with E-state index in [0.717, 1.165) is 5.56 Å². The van der Waals surface area contributed by atoms with Gasteiger partial charge in [0, 0.05) is 25.9 Å². The van der Waals surface area contributed by atoms with Crippen molar-refractivity contribution in [3.05, 3.63) is 41.5 Å². The number of methoxy groups -OCH3 is 4. The Balaban J connectivity index is 0.000000315. The summed E-state index contributed by atoms with van der Waals surface area (Å²) < 4.78 is 36.8. The van der Waals surface area contributed by atoms with Crippen LogP contribution in [0, 0.1) is 0 Å². The Bertz CT molecular complexity index is 1310. The minimum Gasteiger partial charge on any atom is -0.493 e. The molecule has 4 unspecified atom stereocenters. The fraction of sp³-hybridized carbons (Fsp3) is 0.429. The number of ether oxygens (including phenoxy) is 4. The highest BCUT2D eigenvalue weighted by Crippen LogP contribution is 2.42. The molecule has 0 bridgehead atoms. The van der Waals surface area contributed by atoms with Gasteiger partial charge in [-0.2, -0.15) is 0 Å². The lowest BCUT2D eigenvalue weighted by Gasteiger charge is -2.13. The first-order valence-corrected chi connectivity index (χ1v) is 14.9. The molecule has 2 aliphatic heterocycles. The third-order valence-electron chi connectivity index (χ3n) is 6.37. The number of benzene rings is 2. The zero-order valence-corrected chi connectivity index (χ0v) is 26.0. The fourth-order valence-electron chi connectivity index (χ4n) is 4.20. The summed E-state index contributed by atoms with van der Waals surface area (Å²) in [4.78, 5) is 38.4. The molecule has 2 aromatic rings. The van der Waals surface area contributed by atoms with Crippen LogP contribution in [-0.4, -0.2) is 108 Å². The zero-order valence-electron chi connectivity index (χ0n) is 25.1. The molecule has 4 rings (SSSR count). The second kappa shape index (κ2) is 17.6. The summed E-state index contributed by atoms with van der Waals surface area (Å²) in [5, 5.41) is 39.7. The molecule has 4 atom stereocenters. The number of carboxylic acids is 2. The van der Waals surface area contributed by atoms with Crippen LogP contribution in [0.1, 0.15) is 24.0 Å². The number of phosphoric acid groups is 1. The third kappa shape index (κ3) is 12.2. The average molecular weight is 659 g/mol. The van der Waals surface area contributed by atoms with Gasteiger partial charge in [-0.15, -0.1) is 0 Å². The van der Waals surface area contributed by atoms with E-state index in [4.69, 9.17) is 49.2 Å². The highest BCUT2D eigenvalue weighted by atomic mass is 31.2. The van der Waals surface area contributed by atoms with Crippen molar-refractivity contribution in [2.24, 2.45) is 0 Å². The number of hydrogen-bond donors (Lipinski definition) is 8. The van der Waals surface area contributed by atoms with Gasteiger partial charge < -0.3 is 54.5 Å². The molecule has 17 heteroatoms. The number of rotatable bonds is 10. The van der Waals surface area contributed by atoms with Gasteiger partial charge in [0.1, 0.15) is 12.1 Å². The van der Waals surface area contributed by atoms with E-state index in [-0.39, 0.29) is 11.5 Å². The number of phosphoric ester groups is 1. The van der Waals surface area contributed by atoms with Crippen molar-refractivity contribution < 1.29 is 67.8 Å². The van der Waals surface area contributed by atoms with E-state index in [1.165, 1.54) is 34.5 Å². The molecule has 2 heterocycles. The molecule has 0 amide bonds. The Kier molecular flexibility index (Phi) is 14.6. The summed E-state index contributed by atoms with van der Waals surface area (Å²) in [5.74, 6) is -0.105. The maximum absolute atomic E-state index is 11.1. The van der Waals surface area contributed by atoms with E-state index in [1.807, 2.05) is 0 Å². The number of aliphatic hydroxyl groups excluding tert-OH is 2. The molecule has 2 saturated heterocycles. The van der Waals surface area contributed by atoms with Crippen molar-refractivity contribution in [2.45, 2.75) is 37.1 Å². The van der Waals surface area contributed by atoms with Gasteiger partial charge in [0.25, 0.3) is 0 Å². The lowest BCUT2D eigenvalue weighted by molar-refractivity contribution is -0.140. The van der Waals surface area contributed by atoms with Gasteiger partial charge in [-0.3, -0.25) is 19.4 Å². The van der Waals surface area contributed by atoms with Gasteiger partial charge in [-0.25, -0.2) is 4.57 Å². The van der Waals surface area contributed by atoms with Crippen LogP contribution in [0.4, 0.5) is 0 Å². The summed E-state index contributed by atoms with van der Waals surface area (Å²) in [6.45, 7) is 0.800. The van der Waals surface area contributed by atoms with Crippen LogP contribution in [-0.2, 0) is 14.2 Å². The van der Waals surface area contributed by atoms with E-state index in [9.17, 15) is 14.2 Å². The second-order valence-corrected chi connectivity index (χ2v) is 10.8. The summed E-state index contributed by atoms with van der Waals surface area (Å²) >= 11 is 0. The van der Waals surface area contributed by atoms with Gasteiger partial charge in [-0.05, 0) is 35.4 Å². The normalized spacial score (nSPS) is 20.7. The second-order valence-electron chi connectivity index (χ2n) is 9.66. The predicted octanol–water partition coefficient (Wildman–Crippen LogP) is 0.951. The first-order chi connectivity index (χ1) is 21.2. The molecule has 2 fully saturated rings. The number of β-amino-alcohol motifs (C(OH)–C–C–N with tert-alkyl or cyclic N) is 2. The molecular formula is C28H39N2O14P. The van der Waals surface area contributed by atoms with Crippen molar-refractivity contribution in [1.29, 1.82) is 0 Å². The number of aliphatic hydroxyl groups is 2. The Labute approximate surface area is 259 Å². The van der Waals surface area contributed by atoms with Crippen LogP contribution in [0.3, 0.4) is 0 Å². The largest absolute Gasteiger partial charge is 0.524 e. The summed E-state index contributed by atoms with van der Waals surface area (Å²) in [7, 11) is 1.26. The van der Waals surface area contributed by atoms with Crippen molar-refractivity contribution in [2.75, 3.05) is 41.5 Å².